The molecule has 0 aliphatic heterocycles. The fourth-order valence-corrected chi connectivity index (χ4v) is 2.44. The Bertz CT molecular complexity index is 456. The Morgan fingerprint density at radius 2 is 2.21 bits per heavy atom. The summed E-state index contributed by atoms with van der Waals surface area (Å²) in [6, 6.07) is 6.23. The van der Waals surface area contributed by atoms with Crippen molar-refractivity contribution >= 4 is 5.91 Å². The van der Waals surface area contributed by atoms with Crippen molar-refractivity contribution in [2.45, 2.75) is 33.1 Å². The van der Waals surface area contributed by atoms with E-state index in [9.17, 15) is 4.79 Å². The van der Waals surface area contributed by atoms with Crippen LogP contribution in [0.3, 0.4) is 0 Å². The van der Waals surface area contributed by atoms with Crippen molar-refractivity contribution in [2.24, 2.45) is 5.92 Å². The summed E-state index contributed by atoms with van der Waals surface area (Å²) >= 11 is 0. The first-order valence-corrected chi connectivity index (χ1v) is 7.08. The predicted octanol–water partition coefficient (Wildman–Crippen LogP) is 2.67. The fourth-order valence-electron chi connectivity index (χ4n) is 2.44. The van der Waals surface area contributed by atoms with Crippen LogP contribution in [-0.2, 0) is 17.6 Å². The first-order valence-electron chi connectivity index (χ1n) is 7.08. The molecule has 1 aliphatic carbocycles. The van der Waals surface area contributed by atoms with Crippen molar-refractivity contribution in [3.05, 3.63) is 29.3 Å². The van der Waals surface area contributed by atoms with Crippen molar-refractivity contribution in [3.63, 3.8) is 0 Å². The number of carbonyl (C=O) groups is 1. The zero-order valence-corrected chi connectivity index (χ0v) is 12.1. The summed E-state index contributed by atoms with van der Waals surface area (Å²) < 4.78 is 5.60. The molecule has 0 N–H and O–H groups in total. The molecule has 1 amide bonds. The van der Waals surface area contributed by atoms with E-state index >= 15 is 0 Å². The summed E-state index contributed by atoms with van der Waals surface area (Å²) in [5, 5.41) is 0. The number of carbonyl (C=O) groups excluding carboxylic acids is 1. The Kier molecular flexibility index (Phi) is 4.46. The standard InChI is InChI=1S/C16H23NO2/c1-4-17(3)16(18)11-19-15-8-7-13-6-5-12(2)9-14(13)10-15/h7-8,10,12H,4-6,9,11H2,1-3H3. The number of likely N-dealkylation sites (N-methyl/N-ethyl adjacent to an activating group) is 1. The molecule has 0 heterocycles. The third-order valence-electron chi connectivity index (χ3n) is 3.91. The zero-order chi connectivity index (χ0) is 13.8. The average molecular weight is 261 g/mol. The highest BCUT2D eigenvalue weighted by molar-refractivity contribution is 5.77. The number of nitrogens with zero attached hydrogens (tertiary/aromatic N) is 1. The first kappa shape index (κ1) is 13.9. The molecule has 19 heavy (non-hydrogen) atoms. The van der Waals surface area contributed by atoms with Gasteiger partial charge in [0, 0.05) is 13.6 Å². The number of hydrogen-bond acceptors (Lipinski definition) is 2. The number of fused-ring (bicyclic) bond motifs is 1. The van der Waals surface area contributed by atoms with Crippen molar-refractivity contribution in [2.75, 3.05) is 20.2 Å². The summed E-state index contributed by atoms with van der Waals surface area (Å²) in [4.78, 5) is 13.4. The van der Waals surface area contributed by atoms with Crippen LogP contribution in [0, 0.1) is 5.92 Å². The van der Waals surface area contributed by atoms with Crippen molar-refractivity contribution in [3.8, 4) is 5.75 Å². The van der Waals surface area contributed by atoms with Gasteiger partial charge in [0.05, 0.1) is 0 Å². The van der Waals surface area contributed by atoms with Crippen LogP contribution in [0.5, 0.6) is 5.75 Å². The average Bonchev–Trinajstić information content (AvgIpc) is 2.43. The highest BCUT2D eigenvalue weighted by Crippen LogP contribution is 2.28. The maximum atomic E-state index is 11.7. The molecule has 0 bridgehead atoms. The summed E-state index contributed by atoms with van der Waals surface area (Å²) in [6.45, 7) is 5.08. The van der Waals surface area contributed by atoms with Gasteiger partial charge in [0.2, 0.25) is 0 Å². The van der Waals surface area contributed by atoms with Crippen LogP contribution in [0.2, 0.25) is 0 Å². The maximum absolute atomic E-state index is 11.7. The van der Waals surface area contributed by atoms with Gasteiger partial charge in [-0.2, -0.15) is 0 Å². The Labute approximate surface area is 115 Å². The van der Waals surface area contributed by atoms with Gasteiger partial charge >= 0.3 is 0 Å². The lowest BCUT2D eigenvalue weighted by molar-refractivity contribution is -0.131. The largest absolute Gasteiger partial charge is 0.484 e. The van der Waals surface area contributed by atoms with Gasteiger partial charge in [-0.15, -0.1) is 0 Å². The van der Waals surface area contributed by atoms with Gasteiger partial charge in [-0.25, -0.2) is 0 Å². The Morgan fingerprint density at radius 1 is 1.42 bits per heavy atom. The van der Waals surface area contributed by atoms with E-state index in [4.69, 9.17) is 4.74 Å². The Morgan fingerprint density at radius 3 is 2.95 bits per heavy atom. The van der Waals surface area contributed by atoms with Crippen molar-refractivity contribution in [1.29, 1.82) is 0 Å². The molecule has 3 heteroatoms. The minimum absolute atomic E-state index is 0.0218. The van der Waals surface area contributed by atoms with Crippen LogP contribution in [-0.4, -0.2) is 31.0 Å². The summed E-state index contributed by atoms with van der Waals surface area (Å²) in [5.41, 5.74) is 2.81. The number of hydrogen-bond donors (Lipinski definition) is 0. The lowest BCUT2D eigenvalue weighted by Gasteiger charge is -2.22. The van der Waals surface area contributed by atoms with Crippen LogP contribution in [0.4, 0.5) is 0 Å². The highest BCUT2D eigenvalue weighted by Gasteiger charge is 2.16. The minimum atomic E-state index is 0.0218. The topological polar surface area (TPSA) is 29.5 Å². The van der Waals surface area contributed by atoms with Gasteiger partial charge in [0.25, 0.3) is 5.91 Å². The molecule has 2 rings (SSSR count). The van der Waals surface area contributed by atoms with Crippen molar-refractivity contribution in [1.82, 2.24) is 4.90 Å². The molecule has 0 saturated carbocycles. The van der Waals surface area contributed by atoms with E-state index in [1.807, 2.05) is 13.0 Å². The van der Waals surface area contributed by atoms with E-state index < -0.39 is 0 Å². The molecule has 3 nitrogen and oxygen atoms in total. The van der Waals surface area contributed by atoms with Crippen LogP contribution >= 0.6 is 0 Å². The monoisotopic (exact) mass is 261 g/mol. The van der Waals surface area contributed by atoms with Gasteiger partial charge < -0.3 is 9.64 Å². The molecule has 104 valence electrons. The molecule has 1 aromatic rings. The lowest BCUT2D eigenvalue weighted by Crippen LogP contribution is -2.31. The molecule has 0 aromatic heterocycles. The molecular formula is C16H23NO2. The molecular weight excluding hydrogens is 238 g/mol. The predicted molar refractivity (Wildman–Crippen MR) is 76.4 cm³/mol. The van der Waals surface area contributed by atoms with Gasteiger partial charge in [-0.05, 0) is 55.4 Å². The van der Waals surface area contributed by atoms with E-state index in [1.165, 1.54) is 17.5 Å². The van der Waals surface area contributed by atoms with E-state index in [1.54, 1.807) is 11.9 Å². The van der Waals surface area contributed by atoms with E-state index in [0.29, 0.717) is 6.54 Å². The summed E-state index contributed by atoms with van der Waals surface area (Å²) in [7, 11) is 1.79. The second-order valence-electron chi connectivity index (χ2n) is 5.48. The molecule has 1 aromatic carbocycles. The lowest BCUT2D eigenvalue weighted by atomic mass is 9.85. The zero-order valence-electron chi connectivity index (χ0n) is 12.1. The third-order valence-corrected chi connectivity index (χ3v) is 3.91. The quantitative estimate of drug-likeness (QED) is 0.834. The smallest absolute Gasteiger partial charge is 0.260 e. The molecule has 0 spiro atoms. The number of amides is 1. The third kappa shape index (κ3) is 3.49. The van der Waals surface area contributed by atoms with Crippen molar-refractivity contribution < 1.29 is 9.53 Å². The summed E-state index contributed by atoms with van der Waals surface area (Å²) in [6.07, 6.45) is 3.55. The Hall–Kier alpha value is -1.51. The molecule has 0 saturated heterocycles. The first-order chi connectivity index (χ1) is 9.10. The molecule has 0 radical (unpaired) electrons. The second-order valence-corrected chi connectivity index (χ2v) is 5.48. The molecule has 1 unspecified atom stereocenters. The highest BCUT2D eigenvalue weighted by atomic mass is 16.5. The normalized spacial score (nSPS) is 17.7. The van der Waals surface area contributed by atoms with E-state index in [0.717, 1.165) is 24.5 Å². The van der Waals surface area contributed by atoms with Crippen LogP contribution in [0.1, 0.15) is 31.4 Å². The molecule has 0 fully saturated rings. The van der Waals surface area contributed by atoms with Gasteiger partial charge in [-0.3, -0.25) is 4.79 Å². The minimum Gasteiger partial charge on any atom is -0.484 e. The number of aryl methyl sites for hydroxylation is 1. The van der Waals surface area contributed by atoms with E-state index in [2.05, 4.69) is 19.1 Å². The molecule has 1 aliphatic rings. The fraction of sp³-hybridized carbons (Fsp3) is 0.562. The van der Waals surface area contributed by atoms with Crippen LogP contribution in [0.15, 0.2) is 18.2 Å². The number of benzene rings is 1. The van der Waals surface area contributed by atoms with Gasteiger partial charge in [0.1, 0.15) is 5.75 Å². The summed E-state index contributed by atoms with van der Waals surface area (Å²) in [5.74, 6) is 1.58. The Balaban J connectivity index is 1.98. The van der Waals surface area contributed by atoms with Crippen LogP contribution in [0.25, 0.3) is 0 Å². The van der Waals surface area contributed by atoms with Gasteiger partial charge in [0.15, 0.2) is 6.61 Å². The number of rotatable bonds is 4. The van der Waals surface area contributed by atoms with E-state index in [-0.39, 0.29) is 12.5 Å². The van der Waals surface area contributed by atoms with Gasteiger partial charge in [-0.1, -0.05) is 13.0 Å². The SMILES string of the molecule is CCN(C)C(=O)COc1ccc2c(c1)CC(C)CC2. The maximum Gasteiger partial charge on any atom is 0.260 e. The van der Waals surface area contributed by atoms with Crippen LogP contribution < -0.4 is 4.74 Å². The number of ether oxygens (including phenoxy) is 1. The second kappa shape index (κ2) is 6.09. The molecule has 1 atom stereocenters.